The third kappa shape index (κ3) is 5.71. The quantitative estimate of drug-likeness (QED) is 0.545. The third-order valence-electron chi connectivity index (χ3n) is 3.58. The molecule has 0 aromatic heterocycles. The second-order valence-corrected chi connectivity index (χ2v) is 7.41. The summed E-state index contributed by atoms with van der Waals surface area (Å²) in [4.78, 5) is 12.2. The van der Waals surface area contributed by atoms with Gasteiger partial charge in [-0.2, -0.15) is 5.10 Å². The molecule has 0 heterocycles. The summed E-state index contributed by atoms with van der Waals surface area (Å²) in [6.45, 7) is -0.408. The number of hydrogen-bond acceptors (Lipinski definition) is 6. The maximum atomic E-state index is 12.2. The largest absolute Gasteiger partial charge is 0.497 e. The van der Waals surface area contributed by atoms with Crippen molar-refractivity contribution in [1.29, 1.82) is 0 Å². The van der Waals surface area contributed by atoms with Gasteiger partial charge in [-0.05, 0) is 36.4 Å². The lowest BCUT2D eigenvalue weighted by molar-refractivity contribution is -0.119. The maximum absolute atomic E-state index is 12.2. The fourth-order valence-electron chi connectivity index (χ4n) is 2.26. The molecule has 0 unspecified atom stereocenters. The van der Waals surface area contributed by atoms with Crippen molar-refractivity contribution in [2.45, 2.75) is 0 Å². The topological polar surface area (TPSA) is 97.3 Å². The number of nitrogens with zero attached hydrogens (tertiary/aromatic N) is 2. The highest BCUT2D eigenvalue weighted by molar-refractivity contribution is 7.92. The number of benzene rings is 2. The van der Waals surface area contributed by atoms with Crippen molar-refractivity contribution in [3.8, 4) is 11.5 Å². The summed E-state index contributed by atoms with van der Waals surface area (Å²) in [7, 11) is -0.618. The standard InChI is InChI=1S/C18H21N3O5S/c1-25-16-10-8-15(9-11-16)21(27(3,23)24)13-18(22)20-19-12-14-6-4-5-7-17(14)26-2/h4-12H,13H2,1-3H3,(H,20,22)/b19-12-. The van der Waals surface area contributed by atoms with Gasteiger partial charge in [0.2, 0.25) is 10.0 Å². The van der Waals surface area contributed by atoms with Crippen LogP contribution in [0.15, 0.2) is 53.6 Å². The monoisotopic (exact) mass is 391 g/mol. The van der Waals surface area contributed by atoms with Crippen LogP contribution in [0.4, 0.5) is 5.69 Å². The zero-order valence-corrected chi connectivity index (χ0v) is 16.1. The molecule has 144 valence electrons. The Kier molecular flexibility index (Phi) is 6.78. The summed E-state index contributed by atoms with van der Waals surface area (Å²) in [6.07, 6.45) is 2.46. The fourth-order valence-corrected chi connectivity index (χ4v) is 3.12. The lowest BCUT2D eigenvalue weighted by Gasteiger charge is -2.21. The van der Waals surface area contributed by atoms with E-state index in [4.69, 9.17) is 9.47 Å². The number of hydrogen-bond donors (Lipinski definition) is 1. The average molecular weight is 391 g/mol. The molecule has 0 saturated heterocycles. The van der Waals surface area contributed by atoms with Gasteiger partial charge in [0, 0.05) is 5.56 Å². The Bertz CT molecular complexity index is 911. The Morgan fingerprint density at radius 2 is 1.78 bits per heavy atom. The van der Waals surface area contributed by atoms with E-state index in [1.54, 1.807) is 42.5 Å². The molecule has 2 aromatic carbocycles. The molecule has 1 N–H and O–H groups in total. The highest BCUT2D eigenvalue weighted by Crippen LogP contribution is 2.21. The summed E-state index contributed by atoms with van der Waals surface area (Å²) < 4.78 is 35.3. The first kappa shape index (κ1) is 20.2. The van der Waals surface area contributed by atoms with Crippen molar-refractivity contribution in [2.75, 3.05) is 31.3 Å². The number of hydrazone groups is 1. The number of amides is 1. The predicted octanol–water partition coefficient (Wildman–Crippen LogP) is 1.62. The van der Waals surface area contributed by atoms with Crippen LogP contribution in [0.2, 0.25) is 0 Å². The number of methoxy groups -OCH3 is 2. The van der Waals surface area contributed by atoms with Crippen LogP contribution in [-0.2, 0) is 14.8 Å². The van der Waals surface area contributed by atoms with E-state index in [-0.39, 0.29) is 0 Å². The van der Waals surface area contributed by atoms with Crippen LogP contribution in [0.25, 0.3) is 0 Å². The van der Waals surface area contributed by atoms with Crippen LogP contribution >= 0.6 is 0 Å². The summed E-state index contributed by atoms with van der Waals surface area (Å²) in [5, 5.41) is 3.86. The molecule has 0 bridgehead atoms. The predicted molar refractivity (Wildman–Crippen MR) is 104 cm³/mol. The second kappa shape index (κ2) is 9.04. The molecule has 0 aliphatic heterocycles. The first-order chi connectivity index (χ1) is 12.8. The van der Waals surface area contributed by atoms with Crippen LogP contribution in [0.3, 0.4) is 0 Å². The van der Waals surface area contributed by atoms with E-state index in [0.717, 1.165) is 10.6 Å². The van der Waals surface area contributed by atoms with E-state index in [1.165, 1.54) is 20.4 Å². The number of carbonyl (C=O) groups excluding carboxylic acids is 1. The van der Waals surface area contributed by atoms with Crippen molar-refractivity contribution < 1.29 is 22.7 Å². The van der Waals surface area contributed by atoms with Gasteiger partial charge < -0.3 is 9.47 Å². The zero-order chi connectivity index (χ0) is 19.9. The number of nitrogens with one attached hydrogen (secondary N) is 1. The van der Waals surface area contributed by atoms with Crippen molar-refractivity contribution in [3.63, 3.8) is 0 Å². The molecule has 0 aliphatic carbocycles. The molecule has 0 atom stereocenters. The molecule has 0 fully saturated rings. The number of ether oxygens (including phenoxy) is 2. The summed E-state index contributed by atoms with van der Waals surface area (Å²) in [6, 6.07) is 13.5. The Hall–Kier alpha value is -3.07. The van der Waals surface area contributed by atoms with Crippen molar-refractivity contribution in [2.24, 2.45) is 5.10 Å². The summed E-state index contributed by atoms with van der Waals surface area (Å²) in [5.74, 6) is 0.604. The minimum Gasteiger partial charge on any atom is -0.497 e. The van der Waals surface area contributed by atoms with Crippen LogP contribution < -0.4 is 19.2 Å². The Labute approximate surface area is 158 Å². The van der Waals surface area contributed by atoms with Crippen molar-refractivity contribution in [3.05, 3.63) is 54.1 Å². The summed E-state index contributed by atoms with van der Waals surface area (Å²) >= 11 is 0. The molecule has 8 nitrogen and oxygen atoms in total. The van der Waals surface area contributed by atoms with E-state index in [0.29, 0.717) is 22.7 Å². The van der Waals surface area contributed by atoms with Gasteiger partial charge >= 0.3 is 0 Å². The van der Waals surface area contributed by atoms with E-state index in [1.807, 2.05) is 6.07 Å². The average Bonchev–Trinajstić information content (AvgIpc) is 2.66. The van der Waals surface area contributed by atoms with Gasteiger partial charge in [-0.1, -0.05) is 12.1 Å². The molecule has 0 spiro atoms. The van der Waals surface area contributed by atoms with Crippen molar-refractivity contribution in [1.82, 2.24) is 5.43 Å². The Morgan fingerprint density at radius 3 is 2.37 bits per heavy atom. The number of rotatable bonds is 8. The van der Waals surface area contributed by atoms with E-state index < -0.39 is 22.5 Å². The molecule has 2 rings (SSSR count). The normalized spacial score (nSPS) is 11.2. The van der Waals surface area contributed by atoms with E-state index in [2.05, 4.69) is 10.5 Å². The van der Waals surface area contributed by atoms with Crippen LogP contribution in [0.5, 0.6) is 11.5 Å². The van der Waals surface area contributed by atoms with Crippen molar-refractivity contribution >= 4 is 27.8 Å². The molecular weight excluding hydrogens is 370 g/mol. The highest BCUT2D eigenvalue weighted by Gasteiger charge is 2.20. The zero-order valence-electron chi connectivity index (χ0n) is 15.2. The molecule has 27 heavy (non-hydrogen) atoms. The van der Waals surface area contributed by atoms with Gasteiger partial charge in [0.05, 0.1) is 32.4 Å². The van der Waals surface area contributed by atoms with E-state index >= 15 is 0 Å². The Morgan fingerprint density at radius 1 is 1.11 bits per heavy atom. The molecule has 1 amide bonds. The fraction of sp³-hybridized carbons (Fsp3) is 0.222. The SMILES string of the molecule is COc1ccc(N(CC(=O)N/N=C\c2ccccc2OC)S(C)(=O)=O)cc1. The lowest BCUT2D eigenvalue weighted by Crippen LogP contribution is -2.39. The van der Waals surface area contributed by atoms with Gasteiger partial charge in [0.15, 0.2) is 0 Å². The molecule has 0 aliphatic rings. The smallest absolute Gasteiger partial charge is 0.260 e. The van der Waals surface area contributed by atoms with Gasteiger partial charge in [-0.15, -0.1) is 0 Å². The maximum Gasteiger partial charge on any atom is 0.260 e. The highest BCUT2D eigenvalue weighted by atomic mass is 32.2. The number of sulfonamides is 1. The Balaban J connectivity index is 2.08. The molecule has 9 heteroatoms. The second-order valence-electron chi connectivity index (χ2n) is 5.50. The number of anilines is 1. The van der Waals surface area contributed by atoms with Gasteiger partial charge in [-0.25, -0.2) is 13.8 Å². The number of carbonyl (C=O) groups is 1. The molecular formula is C18H21N3O5S. The lowest BCUT2D eigenvalue weighted by atomic mass is 10.2. The minimum atomic E-state index is -3.66. The first-order valence-electron chi connectivity index (χ1n) is 7.92. The van der Waals surface area contributed by atoms with E-state index in [9.17, 15) is 13.2 Å². The van der Waals surface area contributed by atoms with Crippen LogP contribution in [-0.4, -0.2) is 47.6 Å². The third-order valence-corrected chi connectivity index (χ3v) is 4.72. The summed E-state index contributed by atoms with van der Waals surface area (Å²) in [5.41, 5.74) is 3.35. The van der Waals surface area contributed by atoms with Gasteiger partial charge in [-0.3, -0.25) is 9.10 Å². The molecule has 0 saturated carbocycles. The number of para-hydroxylation sites is 1. The first-order valence-corrected chi connectivity index (χ1v) is 9.76. The van der Waals surface area contributed by atoms with Gasteiger partial charge in [0.25, 0.3) is 5.91 Å². The van der Waals surface area contributed by atoms with Gasteiger partial charge in [0.1, 0.15) is 18.0 Å². The van der Waals surface area contributed by atoms with Crippen LogP contribution in [0, 0.1) is 0 Å². The van der Waals surface area contributed by atoms with Crippen LogP contribution in [0.1, 0.15) is 5.56 Å². The molecule has 0 radical (unpaired) electrons. The minimum absolute atomic E-state index is 0.349. The molecule has 2 aromatic rings.